The average Bonchev–Trinajstić information content (AvgIpc) is 2.63. The largest absolute Gasteiger partial charge is 0.478 e. The molecule has 24 heavy (non-hydrogen) atoms. The van der Waals surface area contributed by atoms with Crippen LogP contribution in [-0.2, 0) is 4.79 Å². The van der Waals surface area contributed by atoms with Gasteiger partial charge in [-0.25, -0.2) is 4.79 Å². The van der Waals surface area contributed by atoms with Crippen molar-refractivity contribution in [2.24, 2.45) is 0 Å². The van der Waals surface area contributed by atoms with Crippen LogP contribution >= 0.6 is 0 Å². The molecule has 1 N–H and O–H groups in total. The molecule has 0 spiro atoms. The molecule has 0 fully saturated rings. The van der Waals surface area contributed by atoms with Gasteiger partial charge in [0.2, 0.25) is 0 Å². The number of carbonyl (C=O) groups is 1. The lowest BCUT2D eigenvalue weighted by molar-refractivity contribution is -0.132. The SMILES string of the molecule is C=C(C)C(=O)O.c1ccc(-c2ccccc2-c2ccccc2)cc1. The number of hydrogen-bond donors (Lipinski definition) is 1. The van der Waals surface area contributed by atoms with E-state index in [0.717, 1.165) is 0 Å². The zero-order valence-electron chi connectivity index (χ0n) is 13.6. The molecule has 0 saturated carbocycles. The van der Waals surface area contributed by atoms with E-state index in [2.05, 4.69) is 91.5 Å². The lowest BCUT2D eigenvalue weighted by Gasteiger charge is -2.09. The molecule has 0 saturated heterocycles. The Morgan fingerprint density at radius 3 is 1.29 bits per heavy atom. The third kappa shape index (κ3) is 4.68. The van der Waals surface area contributed by atoms with Crippen molar-refractivity contribution in [1.82, 2.24) is 0 Å². The molecule has 0 amide bonds. The molecule has 0 unspecified atom stereocenters. The summed E-state index contributed by atoms with van der Waals surface area (Å²) in [5.41, 5.74) is 5.26. The Labute approximate surface area is 142 Å². The molecular formula is C22H20O2. The standard InChI is InChI=1S/C18H14.C4H6O2/c1-3-9-15(10-4-1)17-13-7-8-14-18(17)16-11-5-2-6-12-16;1-3(2)4(5)6/h1-14H;1H2,2H3,(H,5,6). The van der Waals surface area contributed by atoms with Crippen LogP contribution in [0.15, 0.2) is 97.1 Å². The van der Waals surface area contributed by atoms with E-state index >= 15 is 0 Å². The minimum atomic E-state index is -0.935. The van der Waals surface area contributed by atoms with Crippen molar-refractivity contribution < 1.29 is 9.90 Å². The van der Waals surface area contributed by atoms with Crippen molar-refractivity contribution in [3.8, 4) is 22.3 Å². The quantitative estimate of drug-likeness (QED) is 0.632. The van der Waals surface area contributed by atoms with Crippen molar-refractivity contribution in [1.29, 1.82) is 0 Å². The van der Waals surface area contributed by atoms with Crippen molar-refractivity contribution in [2.75, 3.05) is 0 Å². The molecular weight excluding hydrogens is 296 g/mol. The lowest BCUT2D eigenvalue weighted by Crippen LogP contribution is -1.92. The molecule has 120 valence electrons. The van der Waals surface area contributed by atoms with E-state index in [-0.39, 0.29) is 5.57 Å². The molecule has 0 aromatic heterocycles. The summed E-state index contributed by atoms with van der Waals surface area (Å²) in [5, 5.41) is 7.89. The average molecular weight is 316 g/mol. The summed E-state index contributed by atoms with van der Waals surface area (Å²) in [6.45, 7) is 4.60. The predicted molar refractivity (Wildman–Crippen MR) is 99.8 cm³/mol. The van der Waals surface area contributed by atoms with Crippen LogP contribution in [0.3, 0.4) is 0 Å². The Morgan fingerprint density at radius 2 is 1.00 bits per heavy atom. The zero-order chi connectivity index (χ0) is 17.4. The van der Waals surface area contributed by atoms with Gasteiger partial charge in [0, 0.05) is 5.57 Å². The third-order valence-corrected chi connectivity index (χ3v) is 3.46. The molecule has 0 radical (unpaired) electrons. The van der Waals surface area contributed by atoms with Gasteiger partial charge in [-0.2, -0.15) is 0 Å². The monoisotopic (exact) mass is 316 g/mol. The Kier molecular flexibility index (Phi) is 6.09. The summed E-state index contributed by atoms with van der Waals surface area (Å²) >= 11 is 0. The molecule has 3 aromatic rings. The lowest BCUT2D eigenvalue weighted by atomic mass is 9.95. The Morgan fingerprint density at radius 1 is 0.708 bits per heavy atom. The van der Waals surface area contributed by atoms with E-state index in [9.17, 15) is 4.79 Å². The van der Waals surface area contributed by atoms with Crippen LogP contribution in [0.4, 0.5) is 0 Å². The second-order valence-corrected chi connectivity index (χ2v) is 5.36. The van der Waals surface area contributed by atoms with Gasteiger partial charge in [-0.1, -0.05) is 91.5 Å². The molecule has 0 aliphatic carbocycles. The van der Waals surface area contributed by atoms with Gasteiger partial charge in [0.25, 0.3) is 0 Å². The molecule has 2 nitrogen and oxygen atoms in total. The first-order valence-corrected chi connectivity index (χ1v) is 7.68. The molecule has 0 atom stereocenters. The normalized spacial score (nSPS) is 9.54. The van der Waals surface area contributed by atoms with Gasteiger partial charge in [-0.05, 0) is 29.2 Å². The maximum absolute atomic E-state index is 9.60. The van der Waals surface area contributed by atoms with Crippen molar-refractivity contribution in [3.63, 3.8) is 0 Å². The molecule has 3 aromatic carbocycles. The van der Waals surface area contributed by atoms with E-state index < -0.39 is 5.97 Å². The highest BCUT2D eigenvalue weighted by atomic mass is 16.4. The second kappa shape index (κ2) is 8.49. The first-order valence-electron chi connectivity index (χ1n) is 7.68. The number of benzene rings is 3. The first kappa shape index (κ1) is 17.2. The molecule has 0 aliphatic heterocycles. The van der Waals surface area contributed by atoms with E-state index in [0.29, 0.717) is 0 Å². The minimum Gasteiger partial charge on any atom is -0.478 e. The fraction of sp³-hybridized carbons (Fsp3) is 0.0455. The minimum absolute atomic E-state index is 0.176. The van der Waals surface area contributed by atoms with Gasteiger partial charge in [0.15, 0.2) is 0 Å². The molecule has 0 aliphatic rings. The summed E-state index contributed by atoms with van der Waals surface area (Å²) in [6, 6.07) is 29.6. The molecule has 0 bridgehead atoms. The fourth-order valence-corrected chi connectivity index (χ4v) is 2.22. The van der Waals surface area contributed by atoms with Gasteiger partial charge in [-0.3, -0.25) is 0 Å². The summed E-state index contributed by atoms with van der Waals surface area (Å²) in [6.07, 6.45) is 0. The topological polar surface area (TPSA) is 37.3 Å². The smallest absolute Gasteiger partial charge is 0.330 e. The van der Waals surface area contributed by atoms with Gasteiger partial charge >= 0.3 is 5.97 Å². The Bertz CT molecular complexity index is 735. The fourth-order valence-electron chi connectivity index (χ4n) is 2.22. The van der Waals surface area contributed by atoms with Crippen LogP contribution in [0.5, 0.6) is 0 Å². The van der Waals surface area contributed by atoms with Gasteiger partial charge in [0.1, 0.15) is 0 Å². The van der Waals surface area contributed by atoms with Gasteiger partial charge in [-0.15, -0.1) is 0 Å². The van der Waals surface area contributed by atoms with Crippen molar-refractivity contribution >= 4 is 5.97 Å². The number of aliphatic carboxylic acids is 1. The molecule has 3 rings (SSSR count). The Balaban J connectivity index is 0.000000301. The summed E-state index contributed by atoms with van der Waals surface area (Å²) in [4.78, 5) is 9.60. The maximum atomic E-state index is 9.60. The van der Waals surface area contributed by atoms with Crippen LogP contribution in [-0.4, -0.2) is 11.1 Å². The van der Waals surface area contributed by atoms with Crippen molar-refractivity contribution in [2.45, 2.75) is 6.92 Å². The van der Waals surface area contributed by atoms with E-state index in [1.807, 2.05) is 0 Å². The summed E-state index contributed by atoms with van der Waals surface area (Å²) in [5.74, 6) is -0.935. The Hall–Kier alpha value is -3.13. The summed E-state index contributed by atoms with van der Waals surface area (Å²) in [7, 11) is 0. The second-order valence-electron chi connectivity index (χ2n) is 5.36. The number of rotatable bonds is 3. The molecule has 2 heteroatoms. The van der Waals surface area contributed by atoms with E-state index in [1.165, 1.54) is 29.2 Å². The van der Waals surface area contributed by atoms with Crippen LogP contribution in [0.2, 0.25) is 0 Å². The van der Waals surface area contributed by atoms with E-state index in [1.54, 1.807) is 0 Å². The van der Waals surface area contributed by atoms with Crippen LogP contribution in [0, 0.1) is 0 Å². The predicted octanol–water partition coefficient (Wildman–Crippen LogP) is 5.67. The third-order valence-electron chi connectivity index (χ3n) is 3.46. The van der Waals surface area contributed by atoms with Crippen LogP contribution in [0.1, 0.15) is 6.92 Å². The number of carboxylic acids is 1. The zero-order valence-corrected chi connectivity index (χ0v) is 13.6. The highest BCUT2D eigenvalue weighted by molar-refractivity contribution is 5.85. The molecule has 0 heterocycles. The highest BCUT2D eigenvalue weighted by Gasteiger charge is 2.05. The van der Waals surface area contributed by atoms with Crippen LogP contribution < -0.4 is 0 Å². The number of hydrogen-bond acceptors (Lipinski definition) is 1. The summed E-state index contributed by atoms with van der Waals surface area (Å²) < 4.78 is 0. The highest BCUT2D eigenvalue weighted by Crippen LogP contribution is 2.31. The first-order chi connectivity index (χ1) is 11.6. The van der Waals surface area contributed by atoms with Gasteiger partial charge < -0.3 is 5.11 Å². The van der Waals surface area contributed by atoms with Crippen LogP contribution in [0.25, 0.3) is 22.3 Å². The van der Waals surface area contributed by atoms with E-state index in [4.69, 9.17) is 5.11 Å². The number of carboxylic acid groups (broad SMARTS) is 1. The van der Waals surface area contributed by atoms with Gasteiger partial charge in [0.05, 0.1) is 0 Å². The maximum Gasteiger partial charge on any atom is 0.330 e. The van der Waals surface area contributed by atoms with Crippen molar-refractivity contribution in [3.05, 3.63) is 97.1 Å².